The maximum absolute atomic E-state index is 11.8. The Kier molecular flexibility index (Phi) is 4.26. The Morgan fingerprint density at radius 2 is 2.06 bits per heavy atom. The van der Waals surface area contributed by atoms with E-state index in [1.165, 1.54) is 6.07 Å². The quantitative estimate of drug-likeness (QED) is 0.843. The summed E-state index contributed by atoms with van der Waals surface area (Å²) < 4.78 is 0. The van der Waals surface area contributed by atoms with Crippen molar-refractivity contribution in [1.82, 2.24) is 0 Å². The molecule has 0 aliphatic heterocycles. The van der Waals surface area contributed by atoms with Gasteiger partial charge in [0, 0.05) is 5.92 Å². The van der Waals surface area contributed by atoms with Gasteiger partial charge in [0.15, 0.2) is 0 Å². The molecule has 1 rings (SSSR count). The van der Waals surface area contributed by atoms with Gasteiger partial charge in [0.25, 0.3) is 0 Å². The largest absolute Gasteiger partial charge is 0.478 e. The average Bonchev–Trinajstić information content (AvgIpc) is 2.30. The van der Waals surface area contributed by atoms with Crippen molar-refractivity contribution in [3.8, 4) is 0 Å². The molecule has 0 heterocycles. The lowest BCUT2D eigenvalue weighted by atomic mass is 10.1. The SMILES string of the molecule is CCC(C)C(=O)Nc1c(C)cccc1C(=O)O. The molecule has 92 valence electrons. The molecule has 17 heavy (non-hydrogen) atoms. The van der Waals surface area contributed by atoms with Crippen LogP contribution in [0.4, 0.5) is 5.69 Å². The molecule has 0 radical (unpaired) electrons. The van der Waals surface area contributed by atoms with Gasteiger partial charge in [-0.2, -0.15) is 0 Å². The fraction of sp³-hybridized carbons (Fsp3) is 0.385. The van der Waals surface area contributed by atoms with Gasteiger partial charge in [-0.3, -0.25) is 4.79 Å². The van der Waals surface area contributed by atoms with Crippen molar-refractivity contribution in [3.05, 3.63) is 29.3 Å². The highest BCUT2D eigenvalue weighted by Gasteiger charge is 2.17. The minimum atomic E-state index is -1.03. The number of carbonyl (C=O) groups is 2. The highest BCUT2D eigenvalue weighted by Crippen LogP contribution is 2.21. The van der Waals surface area contributed by atoms with Gasteiger partial charge >= 0.3 is 5.97 Å². The smallest absolute Gasteiger partial charge is 0.337 e. The van der Waals surface area contributed by atoms with E-state index in [0.29, 0.717) is 5.69 Å². The molecule has 4 heteroatoms. The predicted molar refractivity (Wildman–Crippen MR) is 66.2 cm³/mol. The third-order valence-electron chi connectivity index (χ3n) is 2.81. The second-order valence-electron chi connectivity index (χ2n) is 4.10. The van der Waals surface area contributed by atoms with Crippen LogP contribution in [-0.2, 0) is 4.79 Å². The molecule has 2 N–H and O–H groups in total. The molecular weight excluding hydrogens is 218 g/mol. The highest BCUT2D eigenvalue weighted by molar-refractivity contribution is 6.01. The predicted octanol–water partition coefficient (Wildman–Crippen LogP) is 2.68. The Morgan fingerprint density at radius 1 is 1.41 bits per heavy atom. The number of benzene rings is 1. The summed E-state index contributed by atoms with van der Waals surface area (Å²) in [5.41, 5.74) is 1.27. The molecule has 1 atom stereocenters. The first-order valence-electron chi connectivity index (χ1n) is 5.61. The van der Waals surface area contributed by atoms with Crippen LogP contribution in [-0.4, -0.2) is 17.0 Å². The molecule has 1 aromatic rings. The zero-order valence-electron chi connectivity index (χ0n) is 10.3. The zero-order valence-corrected chi connectivity index (χ0v) is 10.3. The monoisotopic (exact) mass is 235 g/mol. The van der Waals surface area contributed by atoms with E-state index in [0.717, 1.165) is 12.0 Å². The van der Waals surface area contributed by atoms with Crippen LogP contribution >= 0.6 is 0 Å². The first-order valence-corrected chi connectivity index (χ1v) is 5.61. The standard InChI is InChI=1S/C13H17NO3/c1-4-8(2)12(15)14-11-9(3)6-5-7-10(11)13(16)17/h5-8H,4H2,1-3H3,(H,14,15)(H,16,17). The number of aromatic carboxylic acids is 1. The van der Waals surface area contributed by atoms with Gasteiger partial charge in [0.05, 0.1) is 11.3 Å². The number of para-hydroxylation sites is 1. The number of carboxylic acids is 1. The number of anilines is 1. The Hall–Kier alpha value is -1.84. The van der Waals surface area contributed by atoms with E-state index >= 15 is 0 Å². The molecule has 0 fully saturated rings. The van der Waals surface area contributed by atoms with E-state index in [2.05, 4.69) is 5.32 Å². The number of carboxylic acid groups (broad SMARTS) is 1. The van der Waals surface area contributed by atoms with Crippen LogP contribution in [0.3, 0.4) is 0 Å². The second-order valence-corrected chi connectivity index (χ2v) is 4.10. The number of carbonyl (C=O) groups excluding carboxylic acids is 1. The number of nitrogens with one attached hydrogen (secondary N) is 1. The normalized spacial score (nSPS) is 11.9. The van der Waals surface area contributed by atoms with Gasteiger partial charge in [-0.25, -0.2) is 4.79 Å². The molecule has 4 nitrogen and oxygen atoms in total. The van der Waals surface area contributed by atoms with E-state index < -0.39 is 5.97 Å². The van der Waals surface area contributed by atoms with Crippen molar-refractivity contribution in [1.29, 1.82) is 0 Å². The van der Waals surface area contributed by atoms with E-state index in [-0.39, 0.29) is 17.4 Å². The molecule has 0 spiro atoms. The topological polar surface area (TPSA) is 66.4 Å². The summed E-state index contributed by atoms with van der Waals surface area (Å²) >= 11 is 0. The van der Waals surface area contributed by atoms with Crippen LogP contribution in [0.5, 0.6) is 0 Å². The minimum Gasteiger partial charge on any atom is -0.478 e. The lowest BCUT2D eigenvalue weighted by molar-refractivity contribution is -0.119. The minimum absolute atomic E-state index is 0.127. The first kappa shape index (κ1) is 13.2. The summed E-state index contributed by atoms with van der Waals surface area (Å²) in [6, 6.07) is 4.93. The van der Waals surface area contributed by atoms with Crippen LogP contribution in [0.1, 0.15) is 36.2 Å². The van der Waals surface area contributed by atoms with Gasteiger partial charge < -0.3 is 10.4 Å². The van der Waals surface area contributed by atoms with Crippen LogP contribution in [0.15, 0.2) is 18.2 Å². The van der Waals surface area contributed by atoms with Crippen LogP contribution in [0.25, 0.3) is 0 Å². The first-order chi connectivity index (χ1) is 7.97. The van der Waals surface area contributed by atoms with Gasteiger partial charge in [0.2, 0.25) is 5.91 Å². The fourth-order valence-electron chi connectivity index (χ4n) is 1.44. The molecule has 1 unspecified atom stereocenters. The molecule has 0 saturated carbocycles. The summed E-state index contributed by atoms with van der Waals surface area (Å²) in [7, 11) is 0. The van der Waals surface area contributed by atoms with Gasteiger partial charge in [-0.1, -0.05) is 26.0 Å². The lowest BCUT2D eigenvalue weighted by Crippen LogP contribution is -2.21. The Bertz CT molecular complexity index is 440. The van der Waals surface area contributed by atoms with Gasteiger partial charge in [-0.15, -0.1) is 0 Å². The lowest BCUT2D eigenvalue weighted by Gasteiger charge is -2.14. The molecule has 1 amide bonds. The summed E-state index contributed by atoms with van der Waals surface area (Å²) in [5, 5.41) is 11.7. The average molecular weight is 235 g/mol. The van der Waals surface area contributed by atoms with E-state index in [4.69, 9.17) is 5.11 Å². The van der Waals surface area contributed by atoms with Gasteiger partial charge in [0.1, 0.15) is 0 Å². The third-order valence-corrected chi connectivity index (χ3v) is 2.81. The van der Waals surface area contributed by atoms with Crippen molar-refractivity contribution < 1.29 is 14.7 Å². The molecule has 1 aromatic carbocycles. The number of hydrogen-bond donors (Lipinski definition) is 2. The molecule has 0 aliphatic carbocycles. The number of rotatable bonds is 4. The Labute approximate surface area is 101 Å². The number of aryl methyl sites for hydroxylation is 1. The molecule has 0 saturated heterocycles. The fourth-order valence-corrected chi connectivity index (χ4v) is 1.44. The molecule has 0 aliphatic rings. The van der Waals surface area contributed by atoms with E-state index in [1.54, 1.807) is 19.1 Å². The number of hydrogen-bond acceptors (Lipinski definition) is 2. The summed E-state index contributed by atoms with van der Waals surface area (Å²) in [4.78, 5) is 22.8. The molecule has 0 aromatic heterocycles. The maximum atomic E-state index is 11.8. The van der Waals surface area contributed by atoms with Crippen LogP contribution in [0.2, 0.25) is 0 Å². The van der Waals surface area contributed by atoms with E-state index in [1.807, 2.05) is 13.8 Å². The second kappa shape index (κ2) is 5.48. The summed E-state index contributed by atoms with van der Waals surface area (Å²) in [5.74, 6) is -1.31. The van der Waals surface area contributed by atoms with Crippen molar-refractivity contribution in [2.75, 3.05) is 5.32 Å². The molecule has 0 bridgehead atoms. The third kappa shape index (κ3) is 3.06. The van der Waals surface area contributed by atoms with Crippen LogP contribution in [0, 0.1) is 12.8 Å². The Balaban J connectivity index is 3.05. The molecular formula is C13H17NO3. The van der Waals surface area contributed by atoms with Crippen molar-refractivity contribution in [2.24, 2.45) is 5.92 Å². The van der Waals surface area contributed by atoms with Crippen molar-refractivity contribution in [2.45, 2.75) is 27.2 Å². The highest BCUT2D eigenvalue weighted by atomic mass is 16.4. The van der Waals surface area contributed by atoms with Crippen LogP contribution < -0.4 is 5.32 Å². The van der Waals surface area contributed by atoms with Crippen molar-refractivity contribution in [3.63, 3.8) is 0 Å². The zero-order chi connectivity index (χ0) is 13.0. The maximum Gasteiger partial charge on any atom is 0.337 e. The van der Waals surface area contributed by atoms with Crippen molar-refractivity contribution >= 4 is 17.6 Å². The summed E-state index contributed by atoms with van der Waals surface area (Å²) in [6.45, 7) is 5.51. The summed E-state index contributed by atoms with van der Waals surface area (Å²) in [6.07, 6.45) is 0.722. The van der Waals surface area contributed by atoms with E-state index in [9.17, 15) is 9.59 Å². The Morgan fingerprint density at radius 3 is 2.59 bits per heavy atom. The number of amides is 1. The van der Waals surface area contributed by atoms with Gasteiger partial charge in [-0.05, 0) is 25.0 Å².